The molecular weight excluding hydrogens is 388 g/mol. The second kappa shape index (κ2) is 7.82. The molecule has 0 aromatic carbocycles. The number of H-pyrrole nitrogens is 1. The fourth-order valence-electron chi connectivity index (χ4n) is 3.79. The molecule has 4 heterocycles. The predicted octanol–water partition coefficient (Wildman–Crippen LogP) is 3.10. The number of amides is 2. The number of nitrogens with one attached hydrogen (secondary N) is 2. The van der Waals surface area contributed by atoms with Gasteiger partial charge in [-0.1, -0.05) is 13.8 Å². The highest BCUT2D eigenvalue weighted by molar-refractivity contribution is 7.19. The first-order chi connectivity index (χ1) is 14.0. The van der Waals surface area contributed by atoms with Crippen LogP contribution in [0.15, 0.2) is 24.5 Å². The molecule has 3 aromatic rings. The molecule has 2 unspecified atom stereocenters. The number of anilines is 2. The minimum atomic E-state index is -0.651. The lowest BCUT2D eigenvalue weighted by molar-refractivity contribution is -0.146. The second-order valence-electron chi connectivity index (χ2n) is 7.53. The van der Waals surface area contributed by atoms with Gasteiger partial charge in [-0.2, -0.15) is 5.10 Å². The van der Waals surface area contributed by atoms with Crippen molar-refractivity contribution in [3.05, 3.63) is 35.0 Å². The maximum absolute atomic E-state index is 13.1. The van der Waals surface area contributed by atoms with Crippen LogP contribution in [0.4, 0.5) is 11.5 Å². The number of piperidine rings is 1. The lowest BCUT2D eigenvalue weighted by Gasteiger charge is -2.37. The van der Waals surface area contributed by atoms with Crippen LogP contribution < -0.4 is 11.1 Å². The van der Waals surface area contributed by atoms with Gasteiger partial charge in [-0.15, -0.1) is 11.3 Å². The van der Waals surface area contributed by atoms with E-state index < -0.39 is 11.8 Å². The molecule has 152 valence electrons. The molecule has 0 bridgehead atoms. The lowest BCUT2D eigenvalue weighted by Crippen LogP contribution is -2.46. The minimum absolute atomic E-state index is 0.106. The molecule has 3 aromatic heterocycles. The summed E-state index contributed by atoms with van der Waals surface area (Å²) in [6.07, 6.45) is 5.81. The third-order valence-electron chi connectivity index (χ3n) is 5.39. The van der Waals surface area contributed by atoms with Crippen LogP contribution >= 0.6 is 11.3 Å². The maximum atomic E-state index is 13.1. The van der Waals surface area contributed by atoms with Gasteiger partial charge in [-0.05, 0) is 42.9 Å². The summed E-state index contributed by atoms with van der Waals surface area (Å²) in [5, 5.41) is 9.69. The van der Waals surface area contributed by atoms with Gasteiger partial charge in [0, 0.05) is 11.4 Å². The fourth-order valence-corrected chi connectivity index (χ4v) is 4.92. The monoisotopic (exact) mass is 412 g/mol. The molecule has 9 heteroatoms. The summed E-state index contributed by atoms with van der Waals surface area (Å²) in [5.41, 5.74) is 8.10. The summed E-state index contributed by atoms with van der Waals surface area (Å²) < 4.78 is 1.05. The van der Waals surface area contributed by atoms with Crippen molar-refractivity contribution >= 4 is 44.9 Å². The summed E-state index contributed by atoms with van der Waals surface area (Å²) in [4.78, 5) is 32.7. The number of fused-ring (bicyclic) bond motifs is 1. The van der Waals surface area contributed by atoms with E-state index in [4.69, 9.17) is 5.73 Å². The summed E-state index contributed by atoms with van der Waals surface area (Å²) in [5.74, 6) is -0.392. The molecule has 4 N–H and O–H groups in total. The van der Waals surface area contributed by atoms with E-state index >= 15 is 0 Å². The molecule has 1 saturated heterocycles. The highest BCUT2D eigenvalue weighted by atomic mass is 32.1. The topological polar surface area (TPSA) is 117 Å². The average molecular weight is 413 g/mol. The van der Waals surface area contributed by atoms with Crippen LogP contribution in [0.2, 0.25) is 0 Å². The lowest BCUT2D eigenvalue weighted by atomic mass is 9.93. The Bertz CT molecular complexity index is 1030. The first-order valence-electron chi connectivity index (χ1n) is 9.75. The molecule has 2 atom stereocenters. The van der Waals surface area contributed by atoms with E-state index in [0.29, 0.717) is 30.4 Å². The zero-order valence-corrected chi connectivity index (χ0v) is 17.3. The Balaban J connectivity index is 1.55. The van der Waals surface area contributed by atoms with E-state index in [9.17, 15) is 9.59 Å². The molecule has 0 spiro atoms. The maximum Gasteiger partial charge on any atom is 0.313 e. The van der Waals surface area contributed by atoms with Crippen LogP contribution in [0.5, 0.6) is 0 Å². The number of nitrogens with zero attached hydrogens (tertiary/aromatic N) is 3. The van der Waals surface area contributed by atoms with Gasteiger partial charge in [-0.3, -0.25) is 14.7 Å². The van der Waals surface area contributed by atoms with Crippen molar-refractivity contribution in [3.63, 3.8) is 0 Å². The molecule has 0 saturated carbocycles. The first-order valence-corrected chi connectivity index (χ1v) is 10.6. The van der Waals surface area contributed by atoms with Crippen LogP contribution in [-0.2, 0) is 16.0 Å². The molecule has 4 rings (SSSR count). The Kier molecular flexibility index (Phi) is 5.23. The number of aromatic amines is 1. The Labute approximate surface area is 172 Å². The van der Waals surface area contributed by atoms with Gasteiger partial charge in [0.25, 0.3) is 0 Å². The van der Waals surface area contributed by atoms with Gasteiger partial charge in [0.05, 0.1) is 34.3 Å². The molecule has 1 aliphatic heterocycles. The van der Waals surface area contributed by atoms with Crippen molar-refractivity contribution in [2.75, 3.05) is 17.6 Å². The van der Waals surface area contributed by atoms with E-state index in [0.717, 1.165) is 33.5 Å². The number of aromatic nitrogens is 3. The van der Waals surface area contributed by atoms with Crippen molar-refractivity contribution < 1.29 is 9.59 Å². The molecule has 8 nitrogen and oxygen atoms in total. The average Bonchev–Trinajstić information content (AvgIpc) is 3.31. The SMILES string of the molecule is CCc1cc(NC(=O)C(=O)N2CC(C)CCC2c2cc3[nH]ncc3s2)cnc1N. The summed E-state index contributed by atoms with van der Waals surface area (Å²) >= 11 is 1.61. The van der Waals surface area contributed by atoms with E-state index in [2.05, 4.69) is 27.4 Å². The van der Waals surface area contributed by atoms with Gasteiger partial charge in [0.15, 0.2) is 0 Å². The number of carbonyl (C=O) groups excluding carboxylic acids is 2. The molecule has 29 heavy (non-hydrogen) atoms. The van der Waals surface area contributed by atoms with Crippen molar-refractivity contribution in [1.29, 1.82) is 0 Å². The van der Waals surface area contributed by atoms with Crippen LogP contribution in [0, 0.1) is 5.92 Å². The smallest absolute Gasteiger partial charge is 0.313 e. The zero-order valence-electron chi connectivity index (χ0n) is 16.4. The summed E-state index contributed by atoms with van der Waals surface area (Å²) in [7, 11) is 0. The molecule has 0 radical (unpaired) electrons. The molecular formula is C20H24N6O2S. The fraction of sp³-hybridized carbons (Fsp3) is 0.400. The summed E-state index contributed by atoms with van der Waals surface area (Å²) in [6.45, 7) is 4.62. The number of carbonyl (C=O) groups is 2. The Morgan fingerprint density at radius 1 is 1.34 bits per heavy atom. The summed E-state index contributed by atoms with van der Waals surface area (Å²) in [6, 6.07) is 3.69. The highest BCUT2D eigenvalue weighted by Gasteiger charge is 2.35. The standard InChI is InChI=1S/C20H24N6O2S/c1-3-12-6-13(8-22-18(12)21)24-19(27)20(28)26-10-11(2)4-5-15(26)16-7-14-17(29-16)9-23-25-14/h6-9,11,15H,3-5,10H2,1-2H3,(H2,21,22)(H,23,25)(H,24,27). The number of pyridine rings is 1. The predicted molar refractivity (Wildman–Crippen MR) is 113 cm³/mol. The van der Waals surface area contributed by atoms with Gasteiger partial charge >= 0.3 is 11.8 Å². The van der Waals surface area contributed by atoms with E-state index in [-0.39, 0.29) is 6.04 Å². The van der Waals surface area contributed by atoms with Crippen molar-refractivity contribution in [3.8, 4) is 0 Å². The number of thiophene rings is 1. The number of nitrogens with two attached hydrogens (primary N) is 1. The normalized spacial score (nSPS) is 19.4. The molecule has 1 aliphatic rings. The van der Waals surface area contributed by atoms with E-state index in [1.54, 1.807) is 28.5 Å². The van der Waals surface area contributed by atoms with Crippen LogP contribution in [0.3, 0.4) is 0 Å². The molecule has 0 aliphatic carbocycles. The van der Waals surface area contributed by atoms with Gasteiger partial charge < -0.3 is 16.0 Å². The molecule has 2 amide bonds. The van der Waals surface area contributed by atoms with Gasteiger partial charge in [0.2, 0.25) is 0 Å². The number of rotatable bonds is 3. The van der Waals surface area contributed by atoms with Crippen molar-refractivity contribution in [1.82, 2.24) is 20.1 Å². The minimum Gasteiger partial charge on any atom is -0.383 e. The van der Waals surface area contributed by atoms with Crippen molar-refractivity contribution in [2.24, 2.45) is 5.92 Å². The number of hydrogen-bond acceptors (Lipinski definition) is 6. The van der Waals surface area contributed by atoms with E-state index in [1.165, 1.54) is 6.20 Å². The molecule has 1 fully saturated rings. The van der Waals surface area contributed by atoms with Crippen LogP contribution in [0.1, 0.15) is 43.2 Å². The Morgan fingerprint density at radius 2 is 2.17 bits per heavy atom. The van der Waals surface area contributed by atoms with Crippen molar-refractivity contribution in [2.45, 2.75) is 39.2 Å². The number of aryl methyl sites for hydroxylation is 1. The number of nitrogen functional groups attached to an aromatic ring is 1. The van der Waals surface area contributed by atoms with Gasteiger partial charge in [0.1, 0.15) is 5.82 Å². The second-order valence-corrected chi connectivity index (χ2v) is 8.64. The zero-order chi connectivity index (χ0) is 20.5. The quantitative estimate of drug-likeness (QED) is 0.572. The highest BCUT2D eigenvalue weighted by Crippen LogP contribution is 2.38. The third-order valence-corrected chi connectivity index (χ3v) is 6.56. The van der Waals surface area contributed by atoms with Crippen LogP contribution in [-0.4, -0.2) is 38.4 Å². The number of likely N-dealkylation sites (tertiary alicyclic amines) is 1. The Hall–Kier alpha value is -2.94. The van der Waals surface area contributed by atoms with Gasteiger partial charge in [-0.25, -0.2) is 4.98 Å². The Morgan fingerprint density at radius 3 is 2.93 bits per heavy atom. The van der Waals surface area contributed by atoms with E-state index in [1.807, 2.05) is 13.0 Å². The third kappa shape index (κ3) is 3.82. The largest absolute Gasteiger partial charge is 0.383 e. The first kappa shape index (κ1) is 19.4. The number of hydrogen-bond donors (Lipinski definition) is 3. The van der Waals surface area contributed by atoms with Crippen LogP contribution in [0.25, 0.3) is 10.2 Å².